The van der Waals surface area contributed by atoms with Gasteiger partial charge in [0.05, 0.1) is 12.7 Å². The van der Waals surface area contributed by atoms with Crippen LogP contribution in [0.25, 0.3) is 11.1 Å². The van der Waals surface area contributed by atoms with Crippen LogP contribution in [0.3, 0.4) is 0 Å². The molecule has 0 aromatic heterocycles. The van der Waals surface area contributed by atoms with Crippen LogP contribution in [0.5, 0.6) is 0 Å². The van der Waals surface area contributed by atoms with Crippen LogP contribution < -0.4 is 10.6 Å². The van der Waals surface area contributed by atoms with E-state index in [-0.39, 0.29) is 5.97 Å². The first-order chi connectivity index (χ1) is 17.0. The Labute approximate surface area is 216 Å². The van der Waals surface area contributed by atoms with E-state index in [1.807, 2.05) is 30.3 Å². The predicted octanol–water partition coefficient (Wildman–Crippen LogP) is 6.85. The van der Waals surface area contributed by atoms with E-state index in [0.29, 0.717) is 21.7 Å². The average Bonchev–Trinajstić information content (AvgIpc) is 3.30. The molecule has 0 bridgehead atoms. The number of fused-ring (bicyclic) bond motifs is 1. The zero-order chi connectivity index (χ0) is 24.4. The number of hydrogen-bond donors (Lipinski definition) is 2. The maximum Gasteiger partial charge on any atom is 0.337 e. The molecule has 1 atom stereocenters. The molecule has 2 N–H and O–H groups in total. The summed E-state index contributed by atoms with van der Waals surface area (Å²) in [6, 6.07) is 20.7. The van der Waals surface area contributed by atoms with Gasteiger partial charge in [-0.25, -0.2) is 4.79 Å². The minimum atomic E-state index is -0.319. The topological polar surface area (TPSA) is 50.4 Å². The van der Waals surface area contributed by atoms with Gasteiger partial charge in [0.2, 0.25) is 0 Å². The van der Waals surface area contributed by atoms with Crippen molar-refractivity contribution in [1.29, 1.82) is 0 Å². The number of rotatable bonds is 5. The Bertz CT molecular complexity index is 1280. The highest BCUT2D eigenvalue weighted by atomic mass is 35.5. The molecule has 0 unspecified atom stereocenters. The van der Waals surface area contributed by atoms with E-state index in [2.05, 4.69) is 34.9 Å². The van der Waals surface area contributed by atoms with E-state index in [1.54, 1.807) is 6.07 Å². The van der Waals surface area contributed by atoms with Gasteiger partial charge in [-0.05, 0) is 102 Å². The third kappa shape index (κ3) is 5.11. The van der Waals surface area contributed by atoms with E-state index in [4.69, 9.17) is 27.9 Å². The minimum Gasteiger partial charge on any atom is -0.465 e. The molecule has 1 fully saturated rings. The number of carbonyl (C=O) groups is 1. The standard InChI is InChI=1S/C29H28Cl2N2O2/c1-35-29(34)20-7-11-24-19(15-20)3-2-4-26(25-12-8-21(30)16-27(25)31)28(24)18-5-9-22(10-6-18)33-23-13-14-32-17-23/h5-12,15-16,23,32-33H,2-4,13-14,17H2,1H3/t23-/m0/s1. The summed E-state index contributed by atoms with van der Waals surface area (Å²) in [5.74, 6) is -0.319. The summed E-state index contributed by atoms with van der Waals surface area (Å²) >= 11 is 12.9. The first kappa shape index (κ1) is 23.9. The molecule has 1 aliphatic heterocycles. The highest BCUT2D eigenvalue weighted by Gasteiger charge is 2.23. The molecule has 0 radical (unpaired) electrons. The van der Waals surface area contributed by atoms with Crippen LogP contribution in [0.2, 0.25) is 10.0 Å². The van der Waals surface area contributed by atoms with Crippen LogP contribution in [0.15, 0.2) is 60.7 Å². The molecular weight excluding hydrogens is 479 g/mol. The van der Waals surface area contributed by atoms with Crippen LogP contribution in [0.4, 0.5) is 5.69 Å². The van der Waals surface area contributed by atoms with E-state index < -0.39 is 0 Å². The summed E-state index contributed by atoms with van der Waals surface area (Å²) in [6.07, 6.45) is 3.81. The average molecular weight is 507 g/mol. The SMILES string of the molecule is COC(=O)c1ccc2c(c1)CCCC(c1ccc(Cl)cc1Cl)=C2c1ccc(N[C@H]2CCNC2)cc1. The molecule has 180 valence electrons. The second kappa shape index (κ2) is 10.4. The lowest BCUT2D eigenvalue weighted by Gasteiger charge is -2.19. The number of nitrogens with one attached hydrogen (secondary N) is 2. The Morgan fingerprint density at radius 2 is 1.80 bits per heavy atom. The van der Waals surface area contributed by atoms with E-state index in [0.717, 1.165) is 72.3 Å². The maximum absolute atomic E-state index is 12.2. The molecule has 1 saturated heterocycles. The van der Waals surface area contributed by atoms with Crippen LogP contribution in [-0.2, 0) is 11.2 Å². The van der Waals surface area contributed by atoms with Crippen molar-refractivity contribution in [2.75, 3.05) is 25.5 Å². The monoisotopic (exact) mass is 506 g/mol. The predicted molar refractivity (Wildman–Crippen MR) is 144 cm³/mol. The summed E-state index contributed by atoms with van der Waals surface area (Å²) in [4.78, 5) is 12.2. The Hall–Kier alpha value is -2.79. The Balaban J connectivity index is 1.63. The first-order valence-corrected chi connectivity index (χ1v) is 12.8. The molecule has 2 aliphatic rings. The van der Waals surface area contributed by atoms with Gasteiger partial charge in [-0.2, -0.15) is 0 Å². The van der Waals surface area contributed by atoms with Gasteiger partial charge in [0.25, 0.3) is 0 Å². The van der Waals surface area contributed by atoms with Crippen molar-refractivity contribution in [3.63, 3.8) is 0 Å². The quantitative estimate of drug-likeness (QED) is 0.371. The van der Waals surface area contributed by atoms with Gasteiger partial charge < -0.3 is 15.4 Å². The minimum absolute atomic E-state index is 0.319. The third-order valence-corrected chi connectivity index (χ3v) is 7.38. The Kier molecular flexibility index (Phi) is 7.14. The van der Waals surface area contributed by atoms with Crippen LogP contribution >= 0.6 is 23.2 Å². The van der Waals surface area contributed by atoms with E-state index >= 15 is 0 Å². The van der Waals surface area contributed by atoms with Gasteiger partial charge in [-0.3, -0.25) is 0 Å². The summed E-state index contributed by atoms with van der Waals surface area (Å²) in [5, 5.41) is 8.28. The number of carbonyl (C=O) groups excluding carboxylic acids is 1. The van der Waals surface area contributed by atoms with Gasteiger partial charge in [0, 0.05) is 28.3 Å². The fraction of sp³-hybridized carbons (Fsp3) is 0.276. The van der Waals surface area contributed by atoms with Crippen LogP contribution in [0, 0.1) is 0 Å². The highest BCUT2D eigenvalue weighted by molar-refractivity contribution is 6.36. The number of methoxy groups -OCH3 is 1. The van der Waals surface area contributed by atoms with Crippen molar-refractivity contribution in [3.8, 4) is 0 Å². The maximum atomic E-state index is 12.2. The molecule has 0 spiro atoms. The van der Waals surface area contributed by atoms with Gasteiger partial charge >= 0.3 is 5.97 Å². The number of halogens is 2. The van der Waals surface area contributed by atoms with Crippen LogP contribution in [-0.4, -0.2) is 32.2 Å². The third-order valence-electron chi connectivity index (χ3n) is 6.83. The fourth-order valence-electron chi connectivity index (χ4n) is 5.11. The largest absolute Gasteiger partial charge is 0.465 e. The molecule has 0 saturated carbocycles. The number of benzene rings is 3. The van der Waals surface area contributed by atoms with Gasteiger partial charge in [-0.1, -0.05) is 47.5 Å². The number of allylic oxidation sites excluding steroid dienone is 1. The van der Waals surface area contributed by atoms with Crippen molar-refractivity contribution >= 4 is 46.0 Å². The van der Waals surface area contributed by atoms with Crippen molar-refractivity contribution in [3.05, 3.63) is 98.5 Å². The van der Waals surface area contributed by atoms with Crippen molar-refractivity contribution in [2.45, 2.75) is 31.7 Å². The molecule has 5 rings (SSSR count). The smallest absolute Gasteiger partial charge is 0.337 e. The first-order valence-electron chi connectivity index (χ1n) is 12.0. The fourth-order valence-corrected chi connectivity index (χ4v) is 5.63. The highest BCUT2D eigenvalue weighted by Crippen LogP contribution is 2.42. The molecule has 4 nitrogen and oxygen atoms in total. The van der Waals surface area contributed by atoms with Crippen molar-refractivity contribution in [2.24, 2.45) is 0 Å². The Morgan fingerprint density at radius 3 is 2.51 bits per heavy atom. The molecular formula is C29H28Cl2N2O2. The number of esters is 1. The molecule has 0 amide bonds. The number of aryl methyl sites for hydroxylation is 1. The lowest BCUT2D eigenvalue weighted by molar-refractivity contribution is 0.0600. The molecule has 35 heavy (non-hydrogen) atoms. The van der Waals surface area contributed by atoms with Gasteiger partial charge in [0.1, 0.15) is 0 Å². The summed E-state index contributed by atoms with van der Waals surface area (Å²) in [5.41, 5.74) is 8.40. The molecule has 6 heteroatoms. The van der Waals surface area contributed by atoms with Gasteiger partial charge in [0.15, 0.2) is 0 Å². The molecule has 3 aromatic rings. The number of anilines is 1. The molecule has 1 aliphatic carbocycles. The number of ether oxygens (including phenoxy) is 1. The molecule has 3 aromatic carbocycles. The zero-order valence-corrected chi connectivity index (χ0v) is 21.2. The lowest BCUT2D eigenvalue weighted by Crippen LogP contribution is -2.21. The van der Waals surface area contributed by atoms with E-state index in [9.17, 15) is 4.79 Å². The Morgan fingerprint density at radius 1 is 1.00 bits per heavy atom. The second-order valence-electron chi connectivity index (χ2n) is 9.11. The van der Waals surface area contributed by atoms with Gasteiger partial charge in [-0.15, -0.1) is 0 Å². The summed E-state index contributed by atoms with van der Waals surface area (Å²) in [6.45, 7) is 2.04. The van der Waals surface area contributed by atoms with Crippen molar-refractivity contribution in [1.82, 2.24) is 5.32 Å². The summed E-state index contributed by atoms with van der Waals surface area (Å²) < 4.78 is 4.96. The van der Waals surface area contributed by atoms with Crippen LogP contribution in [0.1, 0.15) is 51.9 Å². The van der Waals surface area contributed by atoms with E-state index in [1.165, 1.54) is 12.7 Å². The molecule has 1 heterocycles. The second-order valence-corrected chi connectivity index (χ2v) is 9.95. The summed E-state index contributed by atoms with van der Waals surface area (Å²) in [7, 11) is 1.41. The zero-order valence-electron chi connectivity index (χ0n) is 19.7. The lowest BCUT2D eigenvalue weighted by atomic mass is 9.87. The normalized spacial score (nSPS) is 17.6. The number of hydrogen-bond acceptors (Lipinski definition) is 4. The van der Waals surface area contributed by atoms with Crippen molar-refractivity contribution < 1.29 is 9.53 Å².